The van der Waals surface area contributed by atoms with Crippen LogP contribution in [0, 0.1) is 15.9 Å². The maximum atomic E-state index is 13.0. The largest absolute Gasteiger partial charge is 0.438 e. The first-order chi connectivity index (χ1) is 10.9. The van der Waals surface area contributed by atoms with Crippen molar-refractivity contribution in [2.75, 3.05) is 18.5 Å². The Morgan fingerprint density at radius 2 is 2.17 bits per heavy atom. The van der Waals surface area contributed by atoms with Crippen molar-refractivity contribution in [1.82, 2.24) is 9.55 Å². The molecule has 1 aliphatic rings. The van der Waals surface area contributed by atoms with Gasteiger partial charge in [-0.05, 0) is 36.1 Å². The van der Waals surface area contributed by atoms with Gasteiger partial charge in [0, 0.05) is 30.7 Å². The number of nitro groups is 1. The number of rotatable bonds is 4. The van der Waals surface area contributed by atoms with E-state index in [1.165, 1.54) is 18.3 Å². The third-order valence-corrected chi connectivity index (χ3v) is 3.97. The summed E-state index contributed by atoms with van der Waals surface area (Å²) in [6.07, 6.45) is 2.08. The van der Waals surface area contributed by atoms with Gasteiger partial charge >= 0.3 is 11.8 Å². The van der Waals surface area contributed by atoms with Crippen LogP contribution in [0.2, 0.25) is 0 Å². The third kappa shape index (κ3) is 3.10. The number of nitrogens with zero attached hydrogens (tertiary/aromatic N) is 4. The van der Waals surface area contributed by atoms with Gasteiger partial charge in [-0.2, -0.15) is 0 Å². The highest BCUT2D eigenvalue weighted by molar-refractivity contribution is 5.45. The first kappa shape index (κ1) is 15.3. The molecule has 0 spiro atoms. The van der Waals surface area contributed by atoms with Crippen LogP contribution >= 0.6 is 0 Å². The molecule has 0 bridgehead atoms. The Labute approximate surface area is 132 Å². The molecule has 0 N–H and O–H groups in total. The molecule has 23 heavy (non-hydrogen) atoms. The molecule has 0 saturated heterocycles. The number of aryl methyl sites for hydroxylation is 1. The Morgan fingerprint density at radius 3 is 2.83 bits per heavy atom. The third-order valence-electron chi connectivity index (χ3n) is 3.97. The van der Waals surface area contributed by atoms with Crippen LogP contribution in [0.1, 0.15) is 13.3 Å². The van der Waals surface area contributed by atoms with Crippen molar-refractivity contribution in [1.29, 1.82) is 0 Å². The molecule has 2 aromatic rings. The number of hydrogen-bond donors (Lipinski definition) is 0. The van der Waals surface area contributed by atoms with Crippen LogP contribution in [-0.2, 0) is 6.54 Å². The predicted molar refractivity (Wildman–Crippen MR) is 82.2 cm³/mol. The lowest BCUT2D eigenvalue weighted by Crippen LogP contribution is -2.47. The molecule has 0 amide bonds. The summed E-state index contributed by atoms with van der Waals surface area (Å²) >= 11 is 0. The van der Waals surface area contributed by atoms with Gasteiger partial charge < -0.3 is 19.8 Å². The number of halogens is 1. The summed E-state index contributed by atoms with van der Waals surface area (Å²) in [7, 11) is 1.89. The summed E-state index contributed by atoms with van der Waals surface area (Å²) in [5.41, 5.74) is 0.342. The normalized spacial score (nSPS) is 19.8. The van der Waals surface area contributed by atoms with Gasteiger partial charge in [0.1, 0.15) is 17.6 Å². The lowest BCUT2D eigenvalue weighted by atomic mass is 10.00. The highest BCUT2D eigenvalue weighted by atomic mass is 19.1. The maximum Gasteiger partial charge on any atom is 0.414 e. The summed E-state index contributed by atoms with van der Waals surface area (Å²) in [4.78, 5) is 16.2. The number of benzene rings is 1. The zero-order valence-electron chi connectivity index (χ0n) is 12.9. The Hall–Kier alpha value is -2.64. The molecule has 7 nitrogen and oxygen atoms in total. The minimum atomic E-state index is -0.531. The van der Waals surface area contributed by atoms with Gasteiger partial charge in [0.05, 0.1) is 6.54 Å². The number of anilines is 1. The second-order valence-electron chi connectivity index (χ2n) is 5.97. The molecular weight excluding hydrogens is 303 g/mol. The zero-order valence-corrected chi connectivity index (χ0v) is 12.9. The standard InChI is InChI=1S/C15H17FN4O3/c1-15(10-18(2)12-5-3-11(16)4-6-12)7-8-19-9-13(20(21)22)17-14(19)23-15/h3-6,9H,7-8,10H2,1-2H3. The Morgan fingerprint density at radius 1 is 1.48 bits per heavy atom. The molecule has 122 valence electrons. The molecule has 0 fully saturated rings. The molecule has 0 saturated carbocycles. The van der Waals surface area contributed by atoms with E-state index in [1.807, 2.05) is 18.9 Å². The summed E-state index contributed by atoms with van der Waals surface area (Å²) in [6, 6.07) is 6.48. The van der Waals surface area contributed by atoms with Gasteiger partial charge in [-0.1, -0.05) is 0 Å². The molecule has 1 unspecified atom stereocenters. The highest BCUT2D eigenvalue weighted by Gasteiger charge is 2.37. The van der Waals surface area contributed by atoms with Crippen LogP contribution in [0.25, 0.3) is 0 Å². The Kier molecular flexibility index (Phi) is 3.67. The zero-order chi connectivity index (χ0) is 16.6. The maximum absolute atomic E-state index is 13.0. The molecule has 8 heteroatoms. The van der Waals surface area contributed by atoms with Crippen molar-refractivity contribution in [3.63, 3.8) is 0 Å². The molecule has 0 aliphatic carbocycles. The molecule has 2 heterocycles. The average Bonchev–Trinajstić information content (AvgIpc) is 2.90. The monoisotopic (exact) mass is 320 g/mol. The van der Waals surface area contributed by atoms with Crippen LogP contribution in [0.5, 0.6) is 6.01 Å². The molecule has 1 aromatic carbocycles. The SMILES string of the molecule is CN(CC1(C)CCn2cc([N+](=O)[O-])nc2O1)c1ccc(F)cc1. The van der Waals surface area contributed by atoms with Gasteiger partial charge in [0.2, 0.25) is 0 Å². The lowest BCUT2D eigenvalue weighted by Gasteiger charge is -2.36. The smallest absolute Gasteiger partial charge is 0.414 e. The first-order valence-electron chi connectivity index (χ1n) is 7.24. The van der Waals surface area contributed by atoms with Crippen LogP contribution < -0.4 is 9.64 Å². The van der Waals surface area contributed by atoms with Crippen LogP contribution in [0.15, 0.2) is 30.5 Å². The van der Waals surface area contributed by atoms with Gasteiger partial charge in [-0.3, -0.25) is 4.57 Å². The van der Waals surface area contributed by atoms with Gasteiger partial charge in [-0.15, -0.1) is 0 Å². The van der Waals surface area contributed by atoms with Crippen molar-refractivity contribution >= 4 is 11.5 Å². The van der Waals surface area contributed by atoms with Crippen molar-refractivity contribution < 1.29 is 14.1 Å². The van der Waals surface area contributed by atoms with E-state index in [2.05, 4.69) is 4.98 Å². The Balaban J connectivity index is 1.74. The fourth-order valence-corrected chi connectivity index (χ4v) is 2.74. The van der Waals surface area contributed by atoms with Gasteiger partial charge in [-0.25, -0.2) is 4.39 Å². The fraction of sp³-hybridized carbons (Fsp3) is 0.400. The van der Waals surface area contributed by atoms with E-state index in [4.69, 9.17) is 4.74 Å². The topological polar surface area (TPSA) is 73.4 Å². The van der Waals surface area contributed by atoms with E-state index in [1.54, 1.807) is 16.7 Å². The van der Waals surface area contributed by atoms with E-state index in [0.29, 0.717) is 19.5 Å². The minimum absolute atomic E-state index is 0.212. The number of likely N-dealkylation sites (N-methyl/N-ethyl adjacent to an activating group) is 1. The second kappa shape index (κ2) is 5.53. The van der Waals surface area contributed by atoms with Gasteiger partial charge in [0.15, 0.2) is 0 Å². The van der Waals surface area contributed by atoms with E-state index in [-0.39, 0.29) is 17.6 Å². The van der Waals surface area contributed by atoms with Gasteiger partial charge in [0.25, 0.3) is 0 Å². The van der Waals surface area contributed by atoms with Crippen molar-refractivity contribution in [2.24, 2.45) is 0 Å². The minimum Gasteiger partial charge on any atom is -0.438 e. The summed E-state index contributed by atoms with van der Waals surface area (Å²) in [5, 5.41) is 10.8. The lowest BCUT2D eigenvalue weighted by molar-refractivity contribution is -0.389. The second-order valence-corrected chi connectivity index (χ2v) is 5.97. The highest BCUT2D eigenvalue weighted by Crippen LogP contribution is 2.31. The van der Waals surface area contributed by atoms with E-state index >= 15 is 0 Å². The fourth-order valence-electron chi connectivity index (χ4n) is 2.74. The van der Waals surface area contributed by atoms with Crippen LogP contribution in [0.4, 0.5) is 15.9 Å². The molecule has 1 aromatic heterocycles. The number of hydrogen-bond acceptors (Lipinski definition) is 5. The molecular formula is C15H17FN4O3. The number of fused-ring (bicyclic) bond motifs is 1. The van der Waals surface area contributed by atoms with E-state index in [9.17, 15) is 14.5 Å². The quantitative estimate of drug-likeness (QED) is 0.639. The molecule has 1 atom stereocenters. The first-order valence-corrected chi connectivity index (χ1v) is 7.24. The average molecular weight is 320 g/mol. The summed E-state index contributed by atoms with van der Waals surface area (Å²) in [5.74, 6) is -0.493. The molecule has 3 rings (SSSR count). The van der Waals surface area contributed by atoms with Crippen LogP contribution in [0.3, 0.4) is 0 Å². The molecule has 0 radical (unpaired) electrons. The number of ether oxygens (including phenoxy) is 1. The van der Waals surface area contributed by atoms with Crippen molar-refractivity contribution in [3.8, 4) is 6.01 Å². The Bertz CT molecular complexity index is 731. The number of aromatic nitrogens is 2. The summed E-state index contributed by atoms with van der Waals surface area (Å²) < 4.78 is 20.6. The van der Waals surface area contributed by atoms with E-state index < -0.39 is 10.5 Å². The summed E-state index contributed by atoms with van der Waals surface area (Å²) in [6.45, 7) is 3.10. The van der Waals surface area contributed by atoms with Crippen molar-refractivity contribution in [3.05, 3.63) is 46.4 Å². The van der Waals surface area contributed by atoms with Crippen molar-refractivity contribution in [2.45, 2.75) is 25.5 Å². The predicted octanol–water partition coefficient (Wildman–Crippen LogP) is 2.61. The number of imidazole rings is 1. The van der Waals surface area contributed by atoms with E-state index in [0.717, 1.165) is 5.69 Å². The van der Waals surface area contributed by atoms with Crippen LogP contribution in [-0.4, -0.2) is 33.7 Å². The molecule has 1 aliphatic heterocycles.